The Hall–Kier alpha value is -6.42. The van der Waals surface area contributed by atoms with Crippen molar-refractivity contribution in [3.8, 4) is 44.9 Å². The average molecular weight is 677 g/mol. The predicted octanol–water partition coefficient (Wildman–Crippen LogP) is 12.8. The minimum Gasteiger partial charge on any atom is -0.227 e. The first-order valence-electron chi connectivity index (χ1n) is 17.8. The Bertz CT molecular complexity index is 3090. The summed E-state index contributed by atoms with van der Waals surface area (Å²) < 4.78 is 2.52. The number of hydrogen-bond donors (Lipinski definition) is 0. The Morgan fingerprint density at radius 2 is 1.00 bits per heavy atom. The fourth-order valence-corrected chi connectivity index (χ4v) is 10.5. The zero-order valence-corrected chi connectivity index (χ0v) is 28.8. The third kappa shape index (κ3) is 3.63. The number of rotatable bonds is 2. The van der Waals surface area contributed by atoms with Gasteiger partial charge in [0.15, 0.2) is 5.82 Å². The van der Waals surface area contributed by atoms with Crippen LogP contribution in [-0.4, -0.2) is 9.97 Å². The second kappa shape index (κ2) is 10.3. The normalized spacial score (nSPS) is 13.5. The van der Waals surface area contributed by atoms with Gasteiger partial charge >= 0.3 is 0 Å². The van der Waals surface area contributed by atoms with Gasteiger partial charge in [-0.1, -0.05) is 140 Å². The SMILES string of the molecule is c1ccc(-c2nc(-c3ccc4c(c3)-c3ccccc3C43c4ccccc4-c4ccccc43)nc3c2ccc2sc4cc5ccccc5cc4c23)cc1. The molecule has 0 fully saturated rings. The van der Waals surface area contributed by atoms with Crippen molar-refractivity contribution in [2.45, 2.75) is 5.41 Å². The van der Waals surface area contributed by atoms with Gasteiger partial charge < -0.3 is 0 Å². The Morgan fingerprint density at radius 3 is 1.71 bits per heavy atom. The van der Waals surface area contributed by atoms with Crippen LogP contribution in [0.3, 0.4) is 0 Å². The van der Waals surface area contributed by atoms with Crippen LogP contribution in [0, 0.1) is 0 Å². The number of aromatic nitrogens is 2. The summed E-state index contributed by atoms with van der Waals surface area (Å²) in [6.45, 7) is 0. The molecular weight excluding hydrogens is 649 g/mol. The summed E-state index contributed by atoms with van der Waals surface area (Å²) in [6, 6.07) is 62.2. The molecule has 0 amide bonds. The van der Waals surface area contributed by atoms with Crippen LogP contribution in [0.1, 0.15) is 22.3 Å². The van der Waals surface area contributed by atoms with Crippen LogP contribution in [0.15, 0.2) is 170 Å². The van der Waals surface area contributed by atoms with E-state index in [1.807, 2.05) is 11.3 Å². The monoisotopic (exact) mass is 676 g/mol. The number of hydrogen-bond acceptors (Lipinski definition) is 3. The first-order chi connectivity index (χ1) is 25.8. The van der Waals surface area contributed by atoms with E-state index in [9.17, 15) is 0 Å². The van der Waals surface area contributed by atoms with Crippen molar-refractivity contribution in [1.82, 2.24) is 9.97 Å². The molecule has 2 aromatic heterocycles. The molecule has 0 atom stereocenters. The topological polar surface area (TPSA) is 25.8 Å². The molecule has 0 saturated heterocycles. The summed E-state index contributed by atoms with van der Waals surface area (Å²) in [7, 11) is 0. The lowest BCUT2D eigenvalue weighted by Gasteiger charge is -2.30. The van der Waals surface area contributed by atoms with Gasteiger partial charge in [0.1, 0.15) is 0 Å². The van der Waals surface area contributed by atoms with Crippen LogP contribution >= 0.6 is 11.3 Å². The molecule has 3 heteroatoms. The predicted molar refractivity (Wildman–Crippen MR) is 217 cm³/mol. The number of nitrogens with zero attached hydrogens (tertiary/aromatic N) is 2. The Morgan fingerprint density at radius 1 is 0.404 bits per heavy atom. The van der Waals surface area contributed by atoms with Crippen molar-refractivity contribution in [3.63, 3.8) is 0 Å². The lowest BCUT2D eigenvalue weighted by Crippen LogP contribution is -2.25. The molecule has 0 bridgehead atoms. The highest BCUT2D eigenvalue weighted by molar-refractivity contribution is 7.26. The van der Waals surface area contributed by atoms with E-state index < -0.39 is 0 Å². The van der Waals surface area contributed by atoms with Gasteiger partial charge in [0.2, 0.25) is 0 Å². The third-order valence-electron chi connectivity index (χ3n) is 11.5. The van der Waals surface area contributed by atoms with Crippen LogP contribution in [0.4, 0.5) is 0 Å². The molecule has 52 heavy (non-hydrogen) atoms. The van der Waals surface area contributed by atoms with Crippen LogP contribution in [0.25, 0.3) is 86.7 Å². The first kappa shape index (κ1) is 28.3. The lowest BCUT2D eigenvalue weighted by molar-refractivity contribution is 0.794. The fourth-order valence-electron chi connectivity index (χ4n) is 9.32. The van der Waals surface area contributed by atoms with E-state index >= 15 is 0 Å². The Labute approximate surface area is 304 Å². The van der Waals surface area contributed by atoms with Gasteiger partial charge in [-0.15, -0.1) is 11.3 Å². The summed E-state index contributed by atoms with van der Waals surface area (Å²) in [4.78, 5) is 10.9. The molecule has 8 aromatic carbocycles. The zero-order valence-electron chi connectivity index (χ0n) is 28.0. The summed E-state index contributed by atoms with van der Waals surface area (Å²) in [5.74, 6) is 0.743. The summed E-state index contributed by atoms with van der Waals surface area (Å²) in [5, 5.41) is 6.02. The van der Waals surface area contributed by atoms with Crippen LogP contribution in [-0.2, 0) is 5.41 Å². The van der Waals surface area contributed by atoms with Gasteiger partial charge in [0, 0.05) is 36.7 Å². The number of thiophene rings is 1. The highest BCUT2D eigenvalue weighted by Crippen LogP contribution is 2.63. The van der Waals surface area contributed by atoms with Crippen LogP contribution < -0.4 is 0 Å². The second-order valence-corrected chi connectivity index (χ2v) is 15.1. The first-order valence-corrected chi connectivity index (χ1v) is 18.6. The highest BCUT2D eigenvalue weighted by atomic mass is 32.1. The average Bonchev–Trinajstić information content (AvgIpc) is 3.83. The van der Waals surface area contributed by atoms with Crippen molar-refractivity contribution in [2.75, 3.05) is 0 Å². The molecule has 2 heterocycles. The maximum absolute atomic E-state index is 5.50. The van der Waals surface area contributed by atoms with E-state index in [1.54, 1.807) is 0 Å². The van der Waals surface area contributed by atoms with E-state index in [4.69, 9.17) is 9.97 Å². The van der Waals surface area contributed by atoms with Crippen molar-refractivity contribution < 1.29 is 0 Å². The molecule has 10 aromatic rings. The van der Waals surface area contributed by atoms with E-state index in [1.165, 1.54) is 75.5 Å². The Kier molecular flexibility index (Phi) is 5.62. The third-order valence-corrected chi connectivity index (χ3v) is 12.6. The second-order valence-electron chi connectivity index (χ2n) is 14.0. The quantitative estimate of drug-likeness (QED) is 0.182. The van der Waals surface area contributed by atoms with Crippen molar-refractivity contribution >= 4 is 53.2 Å². The van der Waals surface area contributed by atoms with E-state index in [2.05, 4.69) is 170 Å². The lowest BCUT2D eigenvalue weighted by atomic mass is 9.70. The van der Waals surface area contributed by atoms with Gasteiger partial charge in [0.25, 0.3) is 0 Å². The summed E-state index contributed by atoms with van der Waals surface area (Å²) in [5.41, 5.74) is 14.2. The molecule has 0 aliphatic heterocycles. The maximum Gasteiger partial charge on any atom is 0.160 e. The minimum absolute atomic E-state index is 0.373. The molecule has 0 N–H and O–H groups in total. The smallest absolute Gasteiger partial charge is 0.160 e. The molecule has 0 unspecified atom stereocenters. The maximum atomic E-state index is 5.50. The minimum atomic E-state index is -0.373. The molecule has 0 saturated carbocycles. The van der Waals surface area contributed by atoms with E-state index in [0.717, 1.165) is 33.5 Å². The molecule has 2 aliphatic carbocycles. The molecular formula is C49H28N2S. The highest BCUT2D eigenvalue weighted by Gasteiger charge is 2.51. The van der Waals surface area contributed by atoms with E-state index in [-0.39, 0.29) is 5.41 Å². The number of fused-ring (bicyclic) bond motifs is 16. The molecule has 2 aliphatic rings. The molecule has 2 nitrogen and oxygen atoms in total. The largest absolute Gasteiger partial charge is 0.227 e. The standard InChI is InChI=1S/C49H28N2S/c1-2-12-29(13-3-1)46-36-23-25-43-45(38-26-30-14-4-5-15-31(30)28-44(38)52-43)47(36)51-48(50-46)32-22-24-42-37(27-32)35-18-8-11-21-41(35)49(42)39-19-9-6-16-33(39)34-17-7-10-20-40(34)49/h1-28H. The molecule has 0 radical (unpaired) electrons. The fraction of sp³-hybridized carbons (Fsp3) is 0.0204. The number of benzene rings is 8. The summed E-state index contributed by atoms with van der Waals surface area (Å²) in [6.07, 6.45) is 0. The van der Waals surface area contributed by atoms with Crippen LogP contribution in [0.2, 0.25) is 0 Å². The van der Waals surface area contributed by atoms with Crippen LogP contribution in [0.5, 0.6) is 0 Å². The molecule has 1 spiro atoms. The van der Waals surface area contributed by atoms with Crippen molar-refractivity contribution in [1.29, 1.82) is 0 Å². The Balaban J connectivity index is 1.15. The van der Waals surface area contributed by atoms with Crippen molar-refractivity contribution in [3.05, 3.63) is 192 Å². The van der Waals surface area contributed by atoms with Gasteiger partial charge in [-0.25, -0.2) is 9.97 Å². The summed E-state index contributed by atoms with van der Waals surface area (Å²) >= 11 is 1.84. The van der Waals surface area contributed by atoms with Gasteiger partial charge in [-0.3, -0.25) is 0 Å². The molecule has 12 rings (SSSR count). The zero-order chi connectivity index (χ0) is 34.0. The van der Waals surface area contributed by atoms with E-state index in [0.29, 0.717) is 0 Å². The molecule has 240 valence electrons. The van der Waals surface area contributed by atoms with Crippen molar-refractivity contribution in [2.24, 2.45) is 0 Å². The van der Waals surface area contributed by atoms with Gasteiger partial charge in [-0.2, -0.15) is 0 Å². The van der Waals surface area contributed by atoms with Gasteiger partial charge in [-0.05, 0) is 85.6 Å². The van der Waals surface area contributed by atoms with Gasteiger partial charge in [0.05, 0.1) is 16.6 Å².